The van der Waals surface area contributed by atoms with Gasteiger partial charge in [0.15, 0.2) is 0 Å². The molecule has 4 rings (SSSR count). The third-order valence-corrected chi connectivity index (χ3v) is 6.33. The van der Waals surface area contributed by atoms with Crippen LogP contribution in [0.1, 0.15) is 24.0 Å². The van der Waals surface area contributed by atoms with Crippen molar-refractivity contribution in [2.75, 3.05) is 18.4 Å². The maximum absolute atomic E-state index is 13.5. The van der Waals surface area contributed by atoms with E-state index in [-0.39, 0.29) is 5.56 Å². The fraction of sp³-hybridized carbons (Fsp3) is 0.261. The number of carboxylic acid groups (broad SMARTS) is 2. The number of nitriles is 1. The molecule has 2 aromatic heterocycles. The zero-order chi connectivity index (χ0) is 25.4. The molecule has 1 aliphatic heterocycles. The summed E-state index contributed by atoms with van der Waals surface area (Å²) in [6.45, 7) is 2.57. The van der Waals surface area contributed by atoms with Gasteiger partial charge in [-0.3, -0.25) is 4.90 Å². The number of carboxylic acids is 2. The smallest absolute Gasteiger partial charge is 0.328 e. The van der Waals surface area contributed by atoms with Crippen LogP contribution in [0.4, 0.5) is 10.2 Å². The van der Waals surface area contributed by atoms with E-state index in [2.05, 4.69) is 20.2 Å². The summed E-state index contributed by atoms with van der Waals surface area (Å²) in [7, 11) is 0. The van der Waals surface area contributed by atoms with Crippen molar-refractivity contribution in [2.45, 2.75) is 25.4 Å². The number of aliphatic carboxylic acids is 2. The van der Waals surface area contributed by atoms with E-state index in [0.29, 0.717) is 22.5 Å². The minimum atomic E-state index is -1.26. The number of carbonyl (C=O) groups is 2. The average Bonchev–Trinajstić information content (AvgIpc) is 3.22. The molecule has 182 valence electrons. The summed E-state index contributed by atoms with van der Waals surface area (Å²) in [5, 5.41) is 29.1. The third-order valence-electron chi connectivity index (χ3n) is 5.15. The van der Waals surface area contributed by atoms with Gasteiger partial charge < -0.3 is 15.5 Å². The van der Waals surface area contributed by atoms with Gasteiger partial charge in [0.2, 0.25) is 0 Å². The Morgan fingerprint density at radius 2 is 1.91 bits per heavy atom. The largest absolute Gasteiger partial charge is 0.478 e. The SMILES string of the molecule is N#Cc1cc(CN2CCC(Nc3ncnc4sc(Cl)cc34)CC2)ccc1F.O=C(O)/C=C\C(=O)O. The summed E-state index contributed by atoms with van der Waals surface area (Å²) in [5.41, 5.74) is 1.07. The first kappa shape index (κ1) is 26.0. The number of hydrogen-bond donors (Lipinski definition) is 3. The maximum atomic E-state index is 13.5. The van der Waals surface area contributed by atoms with Crippen molar-refractivity contribution in [3.8, 4) is 6.07 Å². The summed E-state index contributed by atoms with van der Waals surface area (Å²) >= 11 is 7.55. The van der Waals surface area contributed by atoms with Crippen molar-refractivity contribution in [3.05, 3.63) is 64.0 Å². The molecule has 0 bridgehead atoms. The number of nitrogens with one attached hydrogen (secondary N) is 1. The number of likely N-dealkylation sites (tertiary alicyclic amines) is 1. The van der Waals surface area contributed by atoms with E-state index >= 15 is 0 Å². The zero-order valence-corrected chi connectivity index (χ0v) is 19.9. The van der Waals surface area contributed by atoms with E-state index in [4.69, 9.17) is 27.1 Å². The van der Waals surface area contributed by atoms with Crippen LogP contribution < -0.4 is 5.32 Å². The number of thiophene rings is 1. The number of hydrogen-bond acceptors (Lipinski definition) is 8. The van der Waals surface area contributed by atoms with Gasteiger partial charge in [-0.2, -0.15) is 5.26 Å². The Kier molecular flexibility index (Phi) is 9.08. The van der Waals surface area contributed by atoms with E-state index < -0.39 is 17.8 Å². The fourth-order valence-electron chi connectivity index (χ4n) is 3.53. The van der Waals surface area contributed by atoms with E-state index in [1.165, 1.54) is 17.4 Å². The molecule has 0 amide bonds. The Morgan fingerprint density at radius 3 is 2.54 bits per heavy atom. The third kappa shape index (κ3) is 7.71. The molecule has 1 saturated heterocycles. The molecular formula is C23H21ClFN5O4S. The van der Waals surface area contributed by atoms with Crippen molar-refractivity contribution < 1.29 is 24.2 Å². The Hall–Kier alpha value is -3.59. The lowest BCUT2D eigenvalue weighted by atomic mass is 10.0. The molecule has 1 aliphatic rings. The average molecular weight is 518 g/mol. The Balaban J connectivity index is 0.000000371. The molecule has 12 heteroatoms. The second kappa shape index (κ2) is 12.2. The number of anilines is 1. The van der Waals surface area contributed by atoms with Gasteiger partial charge in [0.05, 0.1) is 15.3 Å². The number of rotatable bonds is 6. The number of fused-ring (bicyclic) bond motifs is 1. The highest BCUT2D eigenvalue weighted by Crippen LogP contribution is 2.32. The number of nitrogens with zero attached hydrogens (tertiary/aromatic N) is 4. The lowest BCUT2D eigenvalue weighted by Crippen LogP contribution is -2.38. The highest BCUT2D eigenvalue weighted by Gasteiger charge is 2.21. The van der Waals surface area contributed by atoms with Crippen LogP contribution in [-0.4, -0.2) is 56.2 Å². The van der Waals surface area contributed by atoms with Gasteiger partial charge in [-0.15, -0.1) is 11.3 Å². The molecule has 35 heavy (non-hydrogen) atoms. The van der Waals surface area contributed by atoms with Crippen molar-refractivity contribution >= 4 is 50.9 Å². The summed E-state index contributed by atoms with van der Waals surface area (Å²) in [6.07, 6.45) is 4.64. The molecule has 1 aromatic carbocycles. The molecule has 0 aliphatic carbocycles. The van der Waals surface area contributed by atoms with Crippen LogP contribution in [0.2, 0.25) is 4.34 Å². The normalized spacial score (nSPS) is 14.3. The van der Waals surface area contributed by atoms with Crippen LogP contribution in [0.3, 0.4) is 0 Å². The molecule has 3 N–H and O–H groups in total. The van der Waals surface area contributed by atoms with Crippen LogP contribution in [0.5, 0.6) is 0 Å². The molecule has 0 unspecified atom stereocenters. The van der Waals surface area contributed by atoms with E-state index in [1.54, 1.807) is 18.5 Å². The van der Waals surface area contributed by atoms with Crippen molar-refractivity contribution in [3.63, 3.8) is 0 Å². The van der Waals surface area contributed by atoms with Crippen LogP contribution in [0.25, 0.3) is 10.2 Å². The maximum Gasteiger partial charge on any atom is 0.328 e. The number of aromatic nitrogens is 2. The standard InChI is InChI=1S/C19H17ClFN5S.C4H4O4/c20-17-8-15-18(23-11-24-19(15)27-17)25-14-3-5-26(6-4-14)10-12-1-2-16(21)13(7-12)9-22;5-3(6)1-2-4(7)8/h1-2,7-8,11,14H,3-6,10H2,(H,23,24,25);1-2H,(H,5,6)(H,7,8)/b;2-1-. The van der Waals surface area contributed by atoms with Gasteiger partial charge in [-0.05, 0) is 36.6 Å². The molecular weight excluding hydrogens is 497 g/mol. The highest BCUT2D eigenvalue weighted by atomic mass is 35.5. The minimum Gasteiger partial charge on any atom is -0.478 e. The first-order chi connectivity index (χ1) is 16.7. The summed E-state index contributed by atoms with van der Waals surface area (Å²) in [5.74, 6) is -2.15. The topological polar surface area (TPSA) is 139 Å². The molecule has 0 saturated carbocycles. The van der Waals surface area contributed by atoms with Gasteiger partial charge in [0.25, 0.3) is 0 Å². The van der Waals surface area contributed by atoms with Crippen molar-refractivity contribution in [1.82, 2.24) is 14.9 Å². The van der Waals surface area contributed by atoms with Crippen LogP contribution in [0, 0.1) is 17.1 Å². The molecule has 0 atom stereocenters. The Morgan fingerprint density at radius 1 is 1.23 bits per heavy atom. The van der Waals surface area contributed by atoms with Crippen LogP contribution in [0.15, 0.2) is 42.7 Å². The zero-order valence-electron chi connectivity index (χ0n) is 18.3. The van der Waals surface area contributed by atoms with Gasteiger partial charge in [0, 0.05) is 37.8 Å². The Bertz CT molecular complexity index is 1270. The molecule has 1 fully saturated rings. The monoisotopic (exact) mass is 517 g/mol. The van der Waals surface area contributed by atoms with Gasteiger partial charge in [0.1, 0.15) is 28.9 Å². The second-order valence-corrected chi connectivity index (χ2v) is 9.28. The first-order valence-corrected chi connectivity index (χ1v) is 11.7. The lowest BCUT2D eigenvalue weighted by Gasteiger charge is -2.32. The van der Waals surface area contributed by atoms with Crippen LogP contribution in [-0.2, 0) is 16.1 Å². The quantitative estimate of drug-likeness (QED) is 0.411. The summed E-state index contributed by atoms with van der Waals surface area (Å²) < 4.78 is 14.2. The van der Waals surface area contributed by atoms with E-state index in [1.807, 2.05) is 12.1 Å². The lowest BCUT2D eigenvalue weighted by molar-refractivity contribution is -0.134. The summed E-state index contributed by atoms with van der Waals surface area (Å²) in [6, 6.07) is 8.89. The van der Waals surface area contributed by atoms with E-state index in [9.17, 15) is 14.0 Å². The van der Waals surface area contributed by atoms with Crippen molar-refractivity contribution in [1.29, 1.82) is 5.26 Å². The highest BCUT2D eigenvalue weighted by molar-refractivity contribution is 7.22. The predicted molar refractivity (Wildman–Crippen MR) is 130 cm³/mol. The predicted octanol–water partition coefficient (Wildman–Crippen LogP) is 4.14. The second-order valence-electron chi connectivity index (χ2n) is 7.62. The van der Waals surface area contributed by atoms with Crippen molar-refractivity contribution in [2.24, 2.45) is 0 Å². The minimum absolute atomic E-state index is 0.103. The fourth-order valence-corrected chi connectivity index (χ4v) is 4.58. The molecule has 9 nitrogen and oxygen atoms in total. The molecule has 0 spiro atoms. The number of benzene rings is 1. The summed E-state index contributed by atoms with van der Waals surface area (Å²) in [4.78, 5) is 31.0. The first-order valence-electron chi connectivity index (χ1n) is 10.5. The van der Waals surface area contributed by atoms with Crippen LogP contribution >= 0.6 is 22.9 Å². The number of piperidine rings is 1. The Labute approximate surface area is 209 Å². The molecule has 3 aromatic rings. The van der Waals surface area contributed by atoms with E-state index in [0.717, 1.165) is 54.1 Å². The molecule has 3 heterocycles. The van der Waals surface area contributed by atoms with Gasteiger partial charge in [-0.1, -0.05) is 17.7 Å². The molecule has 0 radical (unpaired) electrons. The number of halogens is 2. The van der Waals surface area contributed by atoms with Gasteiger partial charge >= 0.3 is 11.9 Å². The van der Waals surface area contributed by atoms with Gasteiger partial charge in [-0.25, -0.2) is 23.9 Å².